The Kier molecular flexibility index (Phi) is 36.1. The molecule has 788 valence electrons. The summed E-state index contributed by atoms with van der Waals surface area (Å²) < 4.78 is 16.5. The highest BCUT2D eigenvalue weighted by atomic mass is 16.5. The van der Waals surface area contributed by atoms with E-state index in [1.54, 1.807) is 59.1 Å². The Morgan fingerprint density at radius 3 is 1.07 bits per heavy atom. The maximum atomic E-state index is 12.7. The van der Waals surface area contributed by atoms with Crippen LogP contribution in [0.1, 0.15) is 294 Å². The van der Waals surface area contributed by atoms with Crippen LogP contribution in [0.15, 0.2) is 213 Å². The van der Waals surface area contributed by atoms with Gasteiger partial charge in [0.05, 0.1) is 21.3 Å². The van der Waals surface area contributed by atoms with Gasteiger partial charge in [0.25, 0.3) is 29.5 Å². The molecule has 5 fully saturated rings. The fourth-order valence-corrected chi connectivity index (χ4v) is 25.1. The number of phenolic OH excluding ortho intramolecular Hbond substituents is 3. The van der Waals surface area contributed by atoms with Gasteiger partial charge >= 0.3 is 0 Å². The topological polar surface area (TPSA) is 276 Å². The minimum atomic E-state index is -0.0543. The number of carbonyl (C=O) groups is 5. The van der Waals surface area contributed by atoms with E-state index >= 15 is 0 Å². The molecule has 2 aromatic heterocycles. The Morgan fingerprint density at radius 1 is 0.309 bits per heavy atom. The molecule has 23 heteroatoms. The summed E-state index contributed by atoms with van der Waals surface area (Å²) in [6.07, 6.45) is 29.9. The van der Waals surface area contributed by atoms with Gasteiger partial charge < -0.3 is 80.6 Å². The maximum absolute atomic E-state index is 12.7. The number of fused-ring (bicyclic) bond motifs is 5. The molecule has 2 atom stereocenters. The van der Waals surface area contributed by atoms with Gasteiger partial charge in [0.15, 0.2) is 0 Å². The van der Waals surface area contributed by atoms with Gasteiger partial charge in [-0.05, 0) is 446 Å². The molecule has 5 saturated heterocycles. The van der Waals surface area contributed by atoms with Crippen molar-refractivity contribution in [1.82, 2.24) is 61.1 Å². The van der Waals surface area contributed by atoms with Crippen LogP contribution in [-0.4, -0.2) is 232 Å². The lowest BCUT2D eigenvalue weighted by Crippen LogP contribution is -2.41. The predicted molar refractivity (Wildman–Crippen MR) is 596 cm³/mol. The number of amides is 5. The molecule has 10 aliphatic rings. The van der Waals surface area contributed by atoms with Crippen LogP contribution in [0.2, 0.25) is 0 Å². The van der Waals surface area contributed by atoms with Crippen molar-refractivity contribution >= 4 is 46.3 Å². The van der Waals surface area contributed by atoms with Gasteiger partial charge in [-0.25, -0.2) is 0 Å². The molecule has 5 aliphatic heterocycles. The minimum Gasteiger partial charge on any atom is -0.508 e. The first-order valence-corrected chi connectivity index (χ1v) is 55.1. The third-order valence-corrected chi connectivity index (χ3v) is 33.9. The Hall–Kier alpha value is -12.8. The van der Waals surface area contributed by atoms with Crippen LogP contribution in [0.4, 0.5) is 0 Å². The van der Waals surface area contributed by atoms with E-state index in [0.29, 0.717) is 104 Å². The van der Waals surface area contributed by atoms with Gasteiger partial charge in [-0.3, -0.25) is 33.9 Å². The van der Waals surface area contributed by atoms with Crippen LogP contribution in [0.25, 0.3) is 16.7 Å². The van der Waals surface area contributed by atoms with E-state index in [9.17, 15) is 39.3 Å². The number of aromatic hydroxyl groups is 3. The summed E-state index contributed by atoms with van der Waals surface area (Å²) in [6, 6.07) is 60.5. The van der Waals surface area contributed by atoms with Crippen molar-refractivity contribution in [2.75, 3.05) is 152 Å². The average Bonchev–Trinajstić information content (AvgIpc) is 0.729. The fourth-order valence-electron chi connectivity index (χ4n) is 25.1. The van der Waals surface area contributed by atoms with Crippen LogP contribution >= 0.6 is 0 Å². The first-order chi connectivity index (χ1) is 72.3. The van der Waals surface area contributed by atoms with Gasteiger partial charge in [-0.15, -0.1) is 0 Å². The fraction of sp³-hybridized carbons (Fsp3) is 0.452. The molecule has 8 N–H and O–H groups in total. The lowest BCUT2D eigenvalue weighted by molar-refractivity contribution is 0.0759. The molecule has 5 amide bonds. The molecular weight excluding hydrogens is 1860 g/mol. The Morgan fingerprint density at radius 2 is 0.658 bits per heavy atom. The Balaban J connectivity index is 0.000000133. The molecule has 5 spiro atoms. The number of rotatable bonds is 23. The Bertz CT molecular complexity index is 6430. The molecule has 0 saturated carbocycles. The van der Waals surface area contributed by atoms with Gasteiger partial charge in [0, 0.05) is 129 Å². The largest absolute Gasteiger partial charge is 0.508 e. The zero-order valence-corrected chi connectivity index (χ0v) is 90.3. The van der Waals surface area contributed by atoms with Gasteiger partial charge in [-0.2, -0.15) is 0 Å². The van der Waals surface area contributed by atoms with Crippen molar-refractivity contribution in [3.8, 4) is 34.5 Å². The molecule has 8 aromatic carbocycles. The molecule has 5 aliphatic carbocycles. The van der Waals surface area contributed by atoms with Crippen LogP contribution in [0.3, 0.4) is 0 Å². The van der Waals surface area contributed by atoms with E-state index in [2.05, 4.69) is 158 Å². The van der Waals surface area contributed by atoms with Gasteiger partial charge in [0.2, 0.25) is 0 Å². The molecular formula is C126H158N12O11. The van der Waals surface area contributed by atoms with Crippen LogP contribution in [0, 0.1) is 27.1 Å². The Labute approximate surface area is 883 Å². The molecule has 10 aromatic rings. The summed E-state index contributed by atoms with van der Waals surface area (Å²) in [7, 11) is 5.10. The number of allylic oxidation sites excluding steroid dienone is 3. The van der Waals surface area contributed by atoms with Crippen molar-refractivity contribution in [3.63, 3.8) is 0 Å². The summed E-state index contributed by atoms with van der Waals surface area (Å²) >= 11 is 0. The van der Waals surface area contributed by atoms with E-state index in [1.807, 2.05) is 147 Å². The highest BCUT2D eigenvalue weighted by Crippen LogP contribution is 2.56. The average molecular weight is 2020 g/mol. The van der Waals surface area contributed by atoms with Crippen LogP contribution in [0.5, 0.6) is 34.5 Å². The third-order valence-electron chi connectivity index (χ3n) is 33.9. The van der Waals surface area contributed by atoms with Crippen molar-refractivity contribution in [3.05, 3.63) is 324 Å². The summed E-state index contributed by atoms with van der Waals surface area (Å²) in [6.45, 7) is 37.0. The van der Waals surface area contributed by atoms with E-state index in [4.69, 9.17) is 14.2 Å². The third kappa shape index (κ3) is 24.5. The molecule has 20 rings (SSSR count). The quantitative estimate of drug-likeness (QED) is 0.0295. The molecule has 0 radical (unpaired) electrons. The lowest BCUT2D eigenvalue weighted by Gasteiger charge is -2.45. The number of phenols is 3. The number of benzene rings is 8. The van der Waals surface area contributed by atoms with Crippen molar-refractivity contribution in [2.24, 2.45) is 27.1 Å². The predicted octanol–water partition coefficient (Wildman–Crippen LogP) is 20.7. The van der Waals surface area contributed by atoms with Crippen molar-refractivity contribution < 1.29 is 53.5 Å². The molecule has 149 heavy (non-hydrogen) atoms. The van der Waals surface area contributed by atoms with Gasteiger partial charge in [0.1, 0.15) is 45.9 Å². The first kappa shape index (κ1) is 109. The van der Waals surface area contributed by atoms with E-state index in [1.165, 1.54) is 86.9 Å². The lowest BCUT2D eigenvalue weighted by atomic mass is 9.61. The standard InChI is InChI=1S/C26H32N2O3.C25H33N3O2.C25H31N3O2.C25H32N2O2.C25H30N2O2/c1-4-28(5-2)25(30)18-7-9-21(24(29)14-18)23-17-26(10-12-27-13-11-26)16-19-6-8-20(31-3)15-22(19)23;2*1-4-28(5-2)24(29)23-9-7-19(17-27-23)22-16-25(10-12-26-13-11-25)15-18-6-8-20(30-3)14-21(18)22;2*1-3-27(4-2)24(29)18-9-10-21(23(28)15-18)22-17-25(11-13-26-14-12-25)16-19-7-5-6-8-20(19)22/h6-9,14-15,17,27,29H,4-5,10-13,16H2,1-3H3;6-9,14,17,22,26H,4-5,10-13,15-16H2,1-3H3;6-9,14,16-17,26H,4-5,10-13,15H2,1-3H3;5-10,15,22,26,28H,3-4,11-14,16-17H2,1-2H3;5-10,15,17,26,28H,3-4,11-14,16H2,1-2H3. The second-order valence-electron chi connectivity index (χ2n) is 42.4. The number of hydrogen-bond donors (Lipinski definition) is 8. The highest BCUT2D eigenvalue weighted by Gasteiger charge is 2.45. The number of piperidine rings is 5. The molecule has 0 bridgehead atoms. The first-order valence-electron chi connectivity index (χ1n) is 55.1. The highest BCUT2D eigenvalue weighted by molar-refractivity contribution is 5.99. The number of nitrogens with one attached hydrogen (secondary N) is 5. The number of nitrogens with zero attached hydrogens (tertiary/aromatic N) is 7. The monoisotopic (exact) mass is 2020 g/mol. The smallest absolute Gasteiger partial charge is 0.272 e. The van der Waals surface area contributed by atoms with E-state index in [-0.39, 0.29) is 74.9 Å². The number of ether oxygens (including phenoxy) is 3. The van der Waals surface area contributed by atoms with E-state index < -0.39 is 0 Å². The minimum absolute atomic E-state index is 0.00656. The molecule has 23 nitrogen and oxygen atoms in total. The second kappa shape index (κ2) is 49.3. The van der Waals surface area contributed by atoms with Crippen molar-refractivity contribution in [1.29, 1.82) is 0 Å². The van der Waals surface area contributed by atoms with Crippen LogP contribution in [-0.2, 0) is 32.1 Å². The second-order valence-corrected chi connectivity index (χ2v) is 42.4. The number of aromatic nitrogens is 2. The van der Waals surface area contributed by atoms with Crippen LogP contribution < -0.4 is 40.8 Å². The summed E-state index contributed by atoms with van der Waals surface area (Å²) in [5.74, 6) is 3.48. The zero-order valence-electron chi connectivity index (χ0n) is 90.3. The number of pyridine rings is 2. The number of methoxy groups -OCH3 is 3. The summed E-state index contributed by atoms with van der Waals surface area (Å²) in [5, 5.41) is 50.3. The van der Waals surface area contributed by atoms with Gasteiger partial charge in [-0.1, -0.05) is 103 Å². The normalized spacial score (nSPS) is 18.4. The zero-order chi connectivity index (χ0) is 105. The van der Waals surface area contributed by atoms with E-state index in [0.717, 1.165) is 205 Å². The summed E-state index contributed by atoms with van der Waals surface area (Å²) in [5.41, 5.74) is 24.8. The molecule has 7 heterocycles. The SMILES string of the molecule is CCN(CC)C(=O)c1ccc(C2=CC3(CCNCC3)Cc3ccc(OC)cc32)c(O)c1.CCN(CC)C(=O)c1ccc(C2=CC3(CCNCC3)Cc3ccc(OC)cc32)cn1.CCN(CC)C(=O)c1ccc(C2=CC3(CCNCC3)Cc3ccccc32)c(O)c1.CCN(CC)C(=O)c1ccc(C2CC3(CCNCC3)Cc3ccc(OC)cc32)cn1.CCN(CC)C(=O)c1ccc(C2CC3(CCNCC3)Cc3ccccc32)c(O)c1. The molecule has 2 unspecified atom stereocenters. The maximum Gasteiger partial charge on any atom is 0.272 e. The number of carbonyl (C=O) groups excluding carboxylic acids is 5. The summed E-state index contributed by atoms with van der Waals surface area (Å²) in [4.78, 5) is 81.5. The number of hydrogen-bond acceptors (Lipinski definition) is 18. The van der Waals surface area contributed by atoms with Crippen molar-refractivity contribution in [2.45, 2.75) is 190 Å².